The molecular weight excluding hydrogens is 246 g/mol. The van der Waals surface area contributed by atoms with E-state index in [0.29, 0.717) is 6.04 Å². The topological polar surface area (TPSA) is 55.6 Å². The SMILES string of the molecule is CCCc1nccn1-c1nnc(CNC2CC2)s1. The molecule has 0 radical (unpaired) electrons. The van der Waals surface area contributed by atoms with E-state index in [0.717, 1.165) is 35.3 Å². The van der Waals surface area contributed by atoms with E-state index in [1.807, 2.05) is 17.0 Å². The molecule has 0 aromatic carbocycles. The summed E-state index contributed by atoms with van der Waals surface area (Å²) in [5.41, 5.74) is 0. The maximum Gasteiger partial charge on any atom is 0.217 e. The molecule has 0 atom stereocenters. The Morgan fingerprint density at radius 1 is 1.44 bits per heavy atom. The molecule has 1 N–H and O–H groups in total. The molecule has 3 rings (SSSR count). The first kappa shape index (κ1) is 11.8. The summed E-state index contributed by atoms with van der Waals surface area (Å²) < 4.78 is 2.04. The van der Waals surface area contributed by atoms with Gasteiger partial charge < -0.3 is 5.32 Å². The van der Waals surface area contributed by atoms with Crippen LogP contribution in [0.5, 0.6) is 0 Å². The van der Waals surface area contributed by atoms with Crippen LogP contribution >= 0.6 is 11.3 Å². The van der Waals surface area contributed by atoms with Crippen molar-refractivity contribution < 1.29 is 0 Å². The highest BCUT2D eigenvalue weighted by Crippen LogP contribution is 2.21. The largest absolute Gasteiger partial charge is 0.308 e. The fourth-order valence-corrected chi connectivity index (χ4v) is 2.64. The van der Waals surface area contributed by atoms with Gasteiger partial charge in [0.15, 0.2) is 0 Å². The van der Waals surface area contributed by atoms with Crippen LogP contribution in [0.15, 0.2) is 12.4 Å². The zero-order chi connectivity index (χ0) is 12.4. The molecule has 18 heavy (non-hydrogen) atoms. The number of hydrogen-bond acceptors (Lipinski definition) is 5. The number of rotatable bonds is 6. The van der Waals surface area contributed by atoms with Gasteiger partial charge in [-0.3, -0.25) is 4.57 Å². The van der Waals surface area contributed by atoms with Crippen LogP contribution in [-0.2, 0) is 13.0 Å². The number of aromatic nitrogens is 4. The molecule has 6 heteroatoms. The fraction of sp³-hybridized carbons (Fsp3) is 0.583. The van der Waals surface area contributed by atoms with Crippen LogP contribution in [0.3, 0.4) is 0 Å². The lowest BCUT2D eigenvalue weighted by atomic mass is 10.3. The Hall–Kier alpha value is -1.27. The van der Waals surface area contributed by atoms with Crippen molar-refractivity contribution in [1.29, 1.82) is 0 Å². The zero-order valence-corrected chi connectivity index (χ0v) is 11.3. The Balaban J connectivity index is 1.72. The van der Waals surface area contributed by atoms with Crippen LogP contribution in [0.1, 0.15) is 37.0 Å². The maximum atomic E-state index is 4.36. The zero-order valence-electron chi connectivity index (χ0n) is 10.5. The third-order valence-electron chi connectivity index (χ3n) is 2.97. The van der Waals surface area contributed by atoms with Crippen LogP contribution < -0.4 is 5.32 Å². The lowest BCUT2D eigenvalue weighted by Crippen LogP contribution is -2.14. The van der Waals surface area contributed by atoms with Gasteiger partial charge in [-0.25, -0.2) is 4.98 Å². The monoisotopic (exact) mass is 263 g/mol. The van der Waals surface area contributed by atoms with E-state index >= 15 is 0 Å². The summed E-state index contributed by atoms with van der Waals surface area (Å²) in [5, 5.41) is 13.9. The molecule has 1 aliphatic rings. The quantitative estimate of drug-likeness (QED) is 0.865. The molecule has 96 valence electrons. The summed E-state index contributed by atoms with van der Waals surface area (Å²) in [6, 6.07) is 0.709. The van der Waals surface area contributed by atoms with E-state index in [-0.39, 0.29) is 0 Å². The minimum atomic E-state index is 0.709. The van der Waals surface area contributed by atoms with Crippen LogP contribution in [0.25, 0.3) is 5.13 Å². The first-order valence-corrected chi connectivity index (χ1v) is 7.27. The predicted octanol–water partition coefficient (Wildman–Crippen LogP) is 1.93. The first-order chi connectivity index (χ1) is 8.86. The van der Waals surface area contributed by atoms with Gasteiger partial charge in [0.2, 0.25) is 5.13 Å². The smallest absolute Gasteiger partial charge is 0.217 e. The lowest BCUT2D eigenvalue weighted by Gasteiger charge is -2.01. The Morgan fingerprint density at radius 2 is 2.33 bits per heavy atom. The van der Waals surface area contributed by atoms with Crippen LogP contribution in [-0.4, -0.2) is 25.8 Å². The summed E-state index contributed by atoms with van der Waals surface area (Å²) in [4.78, 5) is 4.36. The first-order valence-electron chi connectivity index (χ1n) is 6.45. The molecule has 1 saturated carbocycles. The molecule has 0 saturated heterocycles. The van der Waals surface area contributed by atoms with Crippen LogP contribution in [0.4, 0.5) is 0 Å². The normalized spacial score (nSPS) is 15.2. The van der Waals surface area contributed by atoms with Gasteiger partial charge in [-0.05, 0) is 19.3 Å². The van der Waals surface area contributed by atoms with E-state index in [4.69, 9.17) is 0 Å². The molecule has 0 spiro atoms. The number of nitrogens with zero attached hydrogens (tertiary/aromatic N) is 4. The summed E-state index contributed by atoms with van der Waals surface area (Å²) >= 11 is 1.64. The highest BCUT2D eigenvalue weighted by molar-refractivity contribution is 7.13. The van der Waals surface area contributed by atoms with Crippen molar-refractivity contribution in [3.05, 3.63) is 23.2 Å². The summed E-state index contributed by atoms with van der Waals surface area (Å²) in [7, 11) is 0. The van der Waals surface area contributed by atoms with E-state index in [1.165, 1.54) is 12.8 Å². The molecule has 1 fully saturated rings. The molecule has 0 aliphatic heterocycles. The molecule has 1 aliphatic carbocycles. The number of hydrogen-bond donors (Lipinski definition) is 1. The van der Waals surface area contributed by atoms with Crippen LogP contribution in [0, 0.1) is 0 Å². The van der Waals surface area contributed by atoms with Crippen molar-refractivity contribution in [1.82, 2.24) is 25.1 Å². The molecule has 0 bridgehead atoms. The molecule has 2 aromatic heterocycles. The predicted molar refractivity (Wildman–Crippen MR) is 70.9 cm³/mol. The average molecular weight is 263 g/mol. The summed E-state index contributed by atoms with van der Waals surface area (Å²) in [6.07, 6.45) is 8.45. The Kier molecular flexibility index (Phi) is 3.38. The van der Waals surface area contributed by atoms with Crippen molar-refractivity contribution in [2.24, 2.45) is 0 Å². The van der Waals surface area contributed by atoms with Crippen molar-refractivity contribution in [2.75, 3.05) is 0 Å². The van der Waals surface area contributed by atoms with Crippen molar-refractivity contribution >= 4 is 11.3 Å². The highest BCUT2D eigenvalue weighted by Gasteiger charge is 2.20. The van der Waals surface area contributed by atoms with Crippen molar-refractivity contribution in [3.63, 3.8) is 0 Å². The second kappa shape index (κ2) is 5.16. The van der Waals surface area contributed by atoms with E-state index in [9.17, 15) is 0 Å². The minimum absolute atomic E-state index is 0.709. The fourth-order valence-electron chi connectivity index (χ4n) is 1.85. The average Bonchev–Trinajstić information content (AvgIpc) is 2.89. The number of nitrogens with one attached hydrogen (secondary N) is 1. The lowest BCUT2D eigenvalue weighted by molar-refractivity contribution is 0.678. The minimum Gasteiger partial charge on any atom is -0.308 e. The molecule has 5 nitrogen and oxygen atoms in total. The van der Waals surface area contributed by atoms with Gasteiger partial charge >= 0.3 is 0 Å². The number of aryl methyl sites for hydroxylation is 1. The molecule has 0 unspecified atom stereocenters. The van der Waals surface area contributed by atoms with Gasteiger partial charge in [0, 0.05) is 24.9 Å². The van der Waals surface area contributed by atoms with Gasteiger partial charge in [0.25, 0.3) is 0 Å². The van der Waals surface area contributed by atoms with Gasteiger partial charge in [0.1, 0.15) is 10.8 Å². The second-order valence-corrected chi connectivity index (χ2v) is 5.64. The molecular formula is C12H17N5S. The Morgan fingerprint density at radius 3 is 3.11 bits per heavy atom. The Labute approximate surface area is 110 Å². The second-order valence-electron chi connectivity index (χ2n) is 4.60. The van der Waals surface area contributed by atoms with E-state index in [1.54, 1.807) is 11.3 Å². The maximum absolute atomic E-state index is 4.36. The van der Waals surface area contributed by atoms with Gasteiger partial charge in [-0.15, -0.1) is 10.2 Å². The van der Waals surface area contributed by atoms with E-state index in [2.05, 4.69) is 27.4 Å². The standard InChI is InChI=1S/C12H17N5S/c1-2-3-10-13-6-7-17(10)12-16-15-11(18-12)8-14-9-4-5-9/h6-7,9,14H,2-5,8H2,1H3. The Bertz CT molecular complexity index is 514. The molecule has 2 heterocycles. The summed E-state index contributed by atoms with van der Waals surface area (Å²) in [5.74, 6) is 1.07. The van der Waals surface area contributed by atoms with Crippen molar-refractivity contribution in [3.8, 4) is 5.13 Å². The molecule has 2 aromatic rings. The highest BCUT2D eigenvalue weighted by atomic mass is 32.1. The third-order valence-corrected chi connectivity index (χ3v) is 3.90. The van der Waals surface area contributed by atoms with Gasteiger partial charge in [0.05, 0.1) is 6.54 Å². The molecule has 0 amide bonds. The van der Waals surface area contributed by atoms with Crippen LogP contribution in [0.2, 0.25) is 0 Å². The summed E-state index contributed by atoms with van der Waals surface area (Å²) in [6.45, 7) is 2.99. The van der Waals surface area contributed by atoms with Gasteiger partial charge in [-0.1, -0.05) is 18.3 Å². The van der Waals surface area contributed by atoms with Gasteiger partial charge in [-0.2, -0.15) is 0 Å². The number of imidazole rings is 1. The van der Waals surface area contributed by atoms with E-state index < -0.39 is 0 Å². The third kappa shape index (κ3) is 2.59. The van der Waals surface area contributed by atoms with Crippen molar-refractivity contribution in [2.45, 2.75) is 45.2 Å².